The zero-order chi connectivity index (χ0) is 8.39. The molecule has 0 aromatic heterocycles. The first-order valence-corrected chi connectivity index (χ1v) is 5.79. The molecule has 1 aliphatic carbocycles. The van der Waals surface area contributed by atoms with Crippen molar-refractivity contribution in [2.75, 3.05) is 13.2 Å². The molecule has 2 unspecified atom stereocenters. The standard InChI is InChI=1S/C9H17NOS/c10-8-3-1-2-4-9(8)12-7-5-11-6-7/h7-9H,1-6,10H2. The van der Waals surface area contributed by atoms with Gasteiger partial charge in [-0.3, -0.25) is 0 Å². The molecule has 2 aliphatic rings. The first kappa shape index (κ1) is 8.85. The molecule has 2 atom stereocenters. The summed E-state index contributed by atoms with van der Waals surface area (Å²) in [5, 5.41) is 1.46. The van der Waals surface area contributed by atoms with Crippen LogP contribution in [0.1, 0.15) is 25.7 Å². The van der Waals surface area contributed by atoms with E-state index >= 15 is 0 Å². The molecular weight excluding hydrogens is 170 g/mol. The van der Waals surface area contributed by atoms with Gasteiger partial charge >= 0.3 is 0 Å². The van der Waals surface area contributed by atoms with E-state index in [0.29, 0.717) is 11.3 Å². The van der Waals surface area contributed by atoms with Crippen LogP contribution in [0.4, 0.5) is 0 Å². The molecule has 2 rings (SSSR count). The van der Waals surface area contributed by atoms with E-state index in [4.69, 9.17) is 10.5 Å². The van der Waals surface area contributed by atoms with Crippen LogP contribution in [0.15, 0.2) is 0 Å². The summed E-state index contributed by atoms with van der Waals surface area (Å²) in [4.78, 5) is 0. The van der Waals surface area contributed by atoms with Crippen LogP contribution in [-0.2, 0) is 4.74 Å². The first-order chi connectivity index (χ1) is 5.86. The van der Waals surface area contributed by atoms with Gasteiger partial charge in [0.05, 0.1) is 18.5 Å². The third-order valence-electron chi connectivity index (χ3n) is 2.73. The zero-order valence-corrected chi connectivity index (χ0v) is 8.19. The van der Waals surface area contributed by atoms with Crippen molar-refractivity contribution in [2.24, 2.45) is 5.73 Å². The molecule has 1 saturated heterocycles. The Morgan fingerprint density at radius 2 is 1.92 bits per heavy atom. The fourth-order valence-corrected chi connectivity index (χ4v) is 3.32. The highest BCUT2D eigenvalue weighted by Gasteiger charge is 2.28. The molecule has 1 aliphatic heterocycles. The molecule has 0 aromatic rings. The molecule has 2 nitrogen and oxygen atoms in total. The zero-order valence-electron chi connectivity index (χ0n) is 7.37. The normalized spacial score (nSPS) is 37.8. The Morgan fingerprint density at radius 1 is 1.17 bits per heavy atom. The number of rotatable bonds is 2. The van der Waals surface area contributed by atoms with Gasteiger partial charge in [-0.2, -0.15) is 0 Å². The van der Waals surface area contributed by atoms with Gasteiger partial charge in [0.15, 0.2) is 0 Å². The van der Waals surface area contributed by atoms with Crippen LogP contribution in [0.5, 0.6) is 0 Å². The number of thioether (sulfide) groups is 1. The second-order valence-corrected chi connectivity index (χ2v) is 5.33. The fourth-order valence-electron chi connectivity index (χ4n) is 1.83. The van der Waals surface area contributed by atoms with Crippen LogP contribution in [0.25, 0.3) is 0 Å². The maximum Gasteiger partial charge on any atom is 0.0608 e. The Hall–Kier alpha value is 0.270. The molecule has 12 heavy (non-hydrogen) atoms. The molecule has 0 amide bonds. The number of hydrogen-bond donors (Lipinski definition) is 1. The highest BCUT2D eigenvalue weighted by atomic mass is 32.2. The third-order valence-corrected chi connectivity index (χ3v) is 4.32. The Kier molecular flexibility index (Phi) is 2.94. The maximum atomic E-state index is 6.04. The molecule has 2 fully saturated rings. The second kappa shape index (κ2) is 3.99. The van der Waals surface area contributed by atoms with Crippen LogP contribution < -0.4 is 5.73 Å². The summed E-state index contributed by atoms with van der Waals surface area (Å²) in [5.74, 6) is 0. The van der Waals surface area contributed by atoms with Crippen molar-refractivity contribution >= 4 is 11.8 Å². The Bertz CT molecular complexity index is 149. The molecule has 0 bridgehead atoms. The van der Waals surface area contributed by atoms with E-state index in [0.717, 1.165) is 18.5 Å². The van der Waals surface area contributed by atoms with Gasteiger partial charge in [0.2, 0.25) is 0 Å². The van der Waals surface area contributed by atoms with Crippen molar-refractivity contribution in [3.8, 4) is 0 Å². The molecule has 0 radical (unpaired) electrons. The van der Waals surface area contributed by atoms with Gasteiger partial charge in [0.25, 0.3) is 0 Å². The molecule has 1 heterocycles. The summed E-state index contributed by atoms with van der Waals surface area (Å²) < 4.78 is 5.15. The summed E-state index contributed by atoms with van der Waals surface area (Å²) >= 11 is 2.07. The van der Waals surface area contributed by atoms with Gasteiger partial charge in [-0.25, -0.2) is 0 Å². The van der Waals surface area contributed by atoms with E-state index in [9.17, 15) is 0 Å². The van der Waals surface area contributed by atoms with Gasteiger partial charge in [-0.05, 0) is 12.8 Å². The van der Waals surface area contributed by atoms with Crippen molar-refractivity contribution in [1.29, 1.82) is 0 Å². The van der Waals surface area contributed by atoms with Crippen LogP contribution in [0, 0.1) is 0 Å². The van der Waals surface area contributed by atoms with Gasteiger partial charge in [0.1, 0.15) is 0 Å². The van der Waals surface area contributed by atoms with Gasteiger partial charge in [0, 0.05) is 11.3 Å². The van der Waals surface area contributed by atoms with Crippen LogP contribution in [-0.4, -0.2) is 29.8 Å². The lowest BCUT2D eigenvalue weighted by atomic mass is 9.96. The predicted octanol–water partition coefficient (Wildman–Crippen LogP) is 1.39. The van der Waals surface area contributed by atoms with E-state index in [1.54, 1.807) is 0 Å². The van der Waals surface area contributed by atoms with E-state index in [-0.39, 0.29) is 0 Å². The van der Waals surface area contributed by atoms with Crippen molar-refractivity contribution in [2.45, 2.75) is 42.2 Å². The van der Waals surface area contributed by atoms with E-state index in [1.165, 1.54) is 25.7 Å². The Morgan fingerprint density at radius 3 is 2.50 bits per heavy atom. The topological polar surface area (TPSA) is 35.2 Å². The molecule has 3 heteroatoms. The summed E-state index contributed by atoms with van der Waals surface area (Å²) in [6, 6.07) is 0.448. The lowest BCUT2D eigenvalue weighted by Crippen LogP contribution is -2.40. The molecule has 0 aromatic carbocycles. The van der Waals surface area contributed by atoms with Crippen LogP contribution in [0.3, 0.4) is 0 Å². The SMILES string of the molecule is NC1CCCCC1SC1COC1. The van der Waals surface area contributed by atoms with Crippen LogP contribution in [0.2, 0.25) is 0 Å². The molecule has 70 valence electrons. The fraction of sp³-hybridized carbons (Fsp3) is 1.00. The smallest absolute Gasteiger partial charge is 0.0608 e. The minimum Gasteiger partial charge on any atom is -0.379 e. The summed E-state index contributed by atoms with van der Waals surface area (Å²) in [5.41, 5.74) is 6.04. The third kappa shape index (κ3) is 1.95. The first-order valence-electron chi connectivity index (χ1n) is 4.85. The molecule has 1 saturated carbocycles. The van der Waals surface area contributed by atoms with Crippen molar-refractivity contribution in [1.82, 2.24) is 0 Å². The van der Waals surface area contributed by atoms with Gasteiger partial charge in [-0.15, -0.1) is 11.8 Å². The molecule has 2 N–H and O–H groups in total. The highest BCUT2D eigenvalue weighted by molar-refractivity contribution is 8.00. The van der Waals surface area contributed by atoms with Crippen molar-refractivity contribution < 1.29 is 4.74 Å². The number of nitrogens with two attached hydrogens (primary N) is 1. The molecular formula is C9H17NOS. The van der Waals surface area contributed by atoms with Crippen LogP contribution >= 0.6 is 11.8 Å². The minimum atomic E-state index is 0.448. The van der Waals surface area contributed by atoms with Crippen molar-refractivity contribution in [3.63, 3.8) is 0 Å². The van der Waals surface area contributed by atoms with E-state index in [1.807, 2.05) is 0 Å². The second-order valence-electron chi connectivity index (χ2n) is 3.78. The number of ether oxygens (including phenoxy) is 1. The monoisotopic (exact) mass is 187 g/mol. The van der Waals surface area contributed by atoms with Gasteiger partial charge < -0.3 is 10.5 Å². The summed E-state index contributed by atoms with van der Waals surface area (Å²) in [6.07, 6.45) is 5.26. The average Bonchev–Trinajstić information content (AvgIpc) is 2.00. The largest absolute Gasteiger partial charge is 0.379 e. The Labute approximate surface area is 78.2 Å². The lowest BCUT2D eigenvalue weighted by molar-refractivity contribution is 0.0451. The van der Waals surface area contributed by atoms with Crippen molar-refractivity contribution in [3.05, 3.63) is 0 Å². The number of hydrogen-bond acceptors (Lipinski definition) is 3. The average molecular weight is 187 g/mol. The minimum absolute atomic E-state index is 0.448. The van der Waals surface area contributed by atoms with Gasteiger partial charge in [-0.1, -0.05) is 12.8 Å². The lowest BCUT2D eigenvalue weighted by Gasteiger charge is -2.34. The highest BCUT2D eigenvalue weighted by Crippen LogP contribution is 2.32. The molecule has 0 spiro atoms. The van der Waals surface area contributed by atoms with E-state index in [2.05, 4.69) is 11.8 Å². The quantitative estimate of drug-likeness (QED) is 0.709. The summed E-state index contributed by atoms with van der Waals surface area (Å²) in [7, 11) is 0. The van der Waals surface area contributed by atoms with E-state index < -0.39 is 0 Å². The summed E-state index contributed by atoms with van der Waals surface area (Å²) in [6.45, 7) is 1.90. The predicted molar refractivity (Wildman–Crippen MR) is 52.4 cm³/mol. The Balaban J connectivity index is 1.76. The maximum absolute atomic E-state index is 6.04.